The molecule has 1 saturated heterocycles. The van der Waals surface area contributed by atoms with Crippen LogP contribution in [0.2, 0.25) is 10.0 Å². The van der Waals surface area contributed by atoms with Gasteiger partial charge < -0.3 is 9.80 Å². The number of aryl methyl sites for hydroxylation is 1. The van der Waals surface area contributed by atoms with Gasteiger partial charge in [-0.3, -0.25) is 4.79 Å². The van der Waals surface area contributed by atoms with Crippen LogP contribution in [-0.4, -0.2) is 37.0 Å². The van der Waals surface area contributed by atoms with Crippen LogP contribution in [0.4, 0.5) is 5.69 Å². The Morgan fingerprint density at radius 1 is 1.00 bits per heavy atom. The number of hydrogen-bond donors (Lipinski definition) is 0. The number of halogens is 2. The fourth-order valence-corrected chi connectivity index (χ4v) is 3.40. The van der Waals surface area contributed by atoms with Crippen LogP contribution in [0, 0.1) is 6.92 Å². The van der Waals surface area contributed by atoms with E-state index in [4.69, 9.17) is 23.2 Å². The van der Waals surface area contributed by atoms with E-state index in [0.29, 0.717) is 23.1 Å². The van der Waals surface area contributed by atoms with Gasteiger partial charge in [-0.15, -0.1) is 0 Å². The lowest BCUT2D eigenvalue weighted by molar-refractivity contribution is 0.0746. The molecule has 120 valence electrons. The summed E-state index contributed by atoms with van der Waals surface area (Å²) in [7, 11) is 0. The largest absolute Gasteiger partial charge is 0.367 e. The fraction of sp³-hybridized carbons (Fsp3) is 0.278. The zero-order chi connectivity index (χ0) is 16.4. The lowest BCUT2D eigenvalue weighted by Crippen LogP contribution is -2.49. The number of carbonyl (C=O) groups excluding carboxylic acids is 1. The number of anilines is 1. The molecule has 0 atom stereocenters. The van der Waals surface area contributed by atoms with Crippen molar-refractivity contribution in [2.24, 2.45) is 0 Å². The molecule has 1 amide bonds. The molecule has 0 spiro atoms. The Labute approximate surface area is 146 Å². The van der Waals surface area contributed by atoms with Gasteiger partial charge in [0.15, 0.2) is 0 Å². The van der Waals surface area contributed by atoms with Crippen molar-refractivity contribution in [3.63, 3.8) is 0 Å². The summed E-state index contributed by atoms with van der Waals surface area (Å²) in [6.07, 6.45) is 0. The topological polar surface area (TPSA) is 23.6 Å². The number of carbonyl (C=O) groups is 1. The van der Waals surface area contributed by atoms with Crippen molar-refractivity contribution in [1.29, 1.82) is 0 Å². The highest BCUT2D eigenvalue weighted by Crippen LogP contribution is 2.29. The molecule has 1 aliphatic rings. The Morgan fingerprint density at radius 3 is 2.35 bits per heavy atom. The molecule has 1 fully saturated rings. The summed E-state index contributed by atoms with van der Waals surface area (Å²) >= 11 is 12.2. The van der Waals surface area contributed by atoms with E-state index in [-0.39, 0.29) is 5.91 Å². The van der Waals surface area contributed by atoms with Gasteiger partial charge in [0.25, 0.3) is 5.91 Å². The maximum absolute atomic E-state index is 12.6. The number of benzene rings is 2. The summed E-state index contributed by atoms with van der Waals surface area (Å²) in [5.74, 6) is 0.102. The number of amides is 1. The van der Waals surface area contributed by atoms with Crippen molar-refractivity contribution in [1.82, 2.24) is 4.90 Å². The Bertz CT molecular complexity index is 725. The average molecular weight is 349 g/mol. The van der Waals surface area contributed by atoms with Crippen LogP contribution in [0.5, 0.6) is 0 Å². The third kappa shape index (κ3) is 3.46. The molecule has 0 unspecified atom stereocenters. The van der Waals surface area contributed by atoms with Crippen molar-refractivity contribution < 1.29 is 4.79 Å². The molecule has 23 heavy (non-hydrogen) atoms. The minimum Gasteiger partial charge on any atom is -0.367 e. The first-order valence-corrected chi connectivity index (χ1v) is 8.37. The first-order chi connectivity index (χ1) is 11.1. The molecule has 1 aliphatic heterocycles. The van der Waals surface area contributed by atoms with Gasteiger partial charge in [-0.05, 0) is 36.8 Å². The van der Waals surface area contributed by atoms with E-state index in [9.17, 15) is 4.79 Å². The van der Waals surface area contributed by atoms with Gasteiger partial charge in [0.2, 0.25) is 0 Å². The van der Waals surface area contributed by atoms with Crippen molar-refractivity contribution in [3.8, 4) is 0 Å². The monoisotopic (exact) mass is 348 g/mol. The molecule has 1 heterocycles. The summed E-state index contributed by atoms with van der Waals surface area (Å²) in [5.41, 5.74) is 2.77. The number of hydrogen-bond acceptors (Lipinski definition) is 2. The first-order valence-electron chi connectivity index (χ1n) is 7.61. The molecular formula is C18H18Cl2N2O. The Morgan fingerprint density at radius 2 is 1.70 bits per heavy atom. The molecule has 0 bridgehead atoms. The van der Waals surface area contributed by atoms with E-state index in [1.54, 1.807) is 6.07 Å². The lowest BCUT2D eigenvalue weighted by Gasteiger charge is -2.36. The maximum Gasteiger partial charge on any atom is 0.254 e. The van der Waals surface area contributed by atoms with Crippen molar-refractivity contribution in [3.05, 3.63) is 63.6 Å². The third-order valence-corrected chi connectivity index (χ3v) is 4.73. The van der Waals surface area contributed by atoms with E-state index in [1.807, 2.05) is 48.2 Å². The molecule has 5 heteroatoms. The normalized spacial score (nSPS) is 14.9. The number of rotatable bonds is 2. The van der Waals surface area contributed by atoms with E-state index in [0.717, 1.165) is 29.9 Å². The van der Waals surface area contributed by atoms with Gasteiger partial charge in [0, 0.05) is 36.8 Å². The van der Waals surface area contributed by atoms with E-state index < -0.39 is 0 Å². The zero-order valence-corrected chi connectivity index (χ0v) is 14.4. The molecule has 2 aromatic rings. The van der Waals surface area contributed by atoms with Gasteiger partial charge in [-0.2, -0.15) is 0 Å². The second-order valence-corrected chi connectivity index (χ2v) is 6.53. The van der Waals surface area contributed by atoms with Crippen LogP contribution in [0.15, 0.2) is 42.5 Å². The highest BCUT2D eigenvalue weighted by Gasteiger charge is 2.24. The van der Waals surface area contributed by atoms with Gasteiger partial charge in [0.05, 0.1) is 10.7 Å². The molecule has 3 rings (SSSR count). The molecule has 0 radical (unpaired) electrons. The Kier molecular flexibility index (Phi) is 4.79. The highest BCUT2D eigenvalue weighted by molar-refractivity contribution is 6.36. The number of nitrogens with zero attached hydrogens (tertiary/aromatic N) is 2. The van der Waals surface area contributed by atoms with Crippen LogP contribution in [0.1, 0.15) is 15.9 Å². The maximum atomic E-state index is 12.6. The Hall–Kier alpha value is -1.71. The van der Waals surface area contributed by atoms with Crippen LogP contribution < -0.4 is 4.90 Å². The van der Waals surface area contributed by atoms with E-state index in [2.05, 4.69) is 4.90 Å². The van der Waals surface area contributed by atoms with E-state index >= 15 is 0 Å². The second kappa shape index (κ2) is 6.81. The molecule has 0 N–H and O–H groups in total. The van der Waals surface area contributed by atoms with Crippen LogP contribution in [-0.2, 0) is 0 Å². The summed E-state index contributed by atoms with van der Waals surface area (Å²) < 4.78 is 0. The molecule has 0 aromatic heterocycles. The molecule has 2 aromatic carbocycles. The Balaban J connectivity index is 1.69. The fourth-order valence-electron chi connectivity index (χ4n) is 2.87. The third-order valence-electron chi connectivity index (χ3n) is 4.19. The zero-order valence-electron chi connectivity index (χ0n) is 12.9. The molecule has 0 saturated carbocycles. The van der Waals surface area contributed by atoms with Crippen LogP contribution >= 0.6 is 23.2 Å². The van der Waals surface area contributed by atoms with Gasteiger partial charge in [-0.25, -0.2) is 0 Å². The molecule has 0 aliphatic carbocycles. The molecule has 3 nitrogen and oxygen atoms in total. The van der Waals surface area contributed by atoms with Crippen LogP contribution in [0.25, 0.3) is 0 Å². The van der Waals surface area contributed by atoms with E-state index in [1.165, 1.54) is 0 Å². The SMILES string of the molecule is Cc1ccccc1C(=O)N1CCN(c2ccc(Cl)cc2Cl)CC1. The van der Waals surface area contributed by atoms with Crippen molar-refractivity contribution in [2.75, 3.05) is 31.1 Å². The van der Waals surface area contributed by atoms with Crippen LogP contribution in [0.3, 0.4) is 0 Å². The standard InChI is InChI=1S/C18H18Cl2N2O/c1-13-4-2-3-5-15(13)18(23)22-10-8-21(9-11-22)17-7-6-14(19)12-16(17)20/h2-7,12H,8-11H2,1H3. The number of piperazine rings is 1. The smallest absolute Gasteiger partial charge is 0.254 e. The second-order valence-electron chi connectivity index (χ2n) is 5.69. The quantitative estimate of drug-likeness (QED) is 0.809. The minimum atomic E-state index is 0.102. The summed E-state index contributed by atoms with van der Waals surface area (Å²) in [5, 5.41) is 1.28. The van der Waals surface area contributed by atoms with Gasteiger partial charge >= 0.3 is 0 Å². The molecular weight excluding hydrogens is 331 g/mol. The van der Waals surface area contributed by atoms with Gasteiger partial charge in [0.1, 0.15) is 0 Å². The lowest BCUT2D eigenvalue weighted by atomic mass is 10.1. The average Bonchev–Trinajstić information content (AvgIpc) is 2.55. The van der Waals surface area contributed by atoms with Gasteiger partial charge in [-0.1, -0.05) is 41.4 Å². The highest BCUT2D eigenvalue weighted by atomic mass is 35.5. The predicted octanol–water partition coefficient (Wildman–Crippen LogP) is 4.26. The van der Waals surface area contributed by atoms with Crippen molar-refractivity contribution in [2.45, 2.75) is 6.92 Å². The summed E-state index contributed by atoms with van der Waals surface area (Å²) in [6, 6.07) is 13.2. The summed E-state index contributed by atoms with van der Waals surface area (Å²) in [4.78, 5) is 16.7. The minimum absolute atomic E-state index is 0.102. The van der Waals surface area contributed by atoms with Crippen molar-refractivity contribution >= 4 is 34.8 Å². The first kappa shape index (κ1) is 16.2. The summed E-state index contributed by atoms with van der Waals surface area (Å²) in [6.45, 7) is 4.87. The predicted molar refractivity (Wildman–Crippen MR) is 95.8 cm³/mol.